The molecule has 142 valence electrons. The van der Waals surface area contributed by atoms with Gasteiger partial charge in [0.15, 0.2) is 5.78 Å². The molecule has 1 aliphatic heterocycles. The van der Waals surface area contributed by atoms with Crippen LogP contribution in [0.4, 0.5) is 0 Å². The summed E-state index contributed by atoms with van der Waals surface area (Å²) in [6.07, 6.45) is 3.53. The van der Waals surface area contributed by atoms with Crippen LogP contribution < -0.4 is 4.74 Å². The third kappa shape index (κ3) is 4.07. The van der Waals surface area contributed by atoms with Crippen molar-refractivity contribution in [1.82, 2.24) is 4.90 Å². The fourth-order valence-electron chi connectivity index (χ4n) is 4.15. The van der Waals surface area contributed by atoms with Gasteiger partial charge in [-0.1, -0.05) is 30.3 Å². The van der Waals surface area contributed by atoms with E-state index >= 15 is 0 Å². The van der Waals surface area contributed by atoms with Crippen LogP contribution in [0.2, 0.25) is 0 Å². The van der Waals surface area contributed by atoms with Crippen molar-refractivity contribution in [3.8, 4) is 16.9 Å². The lowest BCUT2D eigenvalue weighted by atomic mass is 9.82. The monoisotopic (exact) mass is 365 g/mol. The number of likely N-dealkylation sites (tertiary alicyclic amines) is 1. The first-order valence-electron chi connectivity index (χ1n) is 9.86. The molecule has 1 N–H and O–H groups in total. The van der Waals surface area contributed by atoms with Crippen molar-refractivity contribution in [2.24, 2.45) is 5.92 Å². The molecule has 0 bridgehead atoms. The second kappa shape index (κ2) is 7.83. The number of fused-ring (bicyclic) bond motifs is 2. The maximum atomic E-state index is 12.5. The summed E-state index contributed by atoms with van der Waals surface area (Å²) in [7, 11) is 1.70. The van der Waals surface area contributed by atoms with Crippen LogP contribution in [0, 0.1) is 5.92 Å². The predicted molar refractivity (Wildman–Crippen MR) is 106 cm³/mol. The van der Waals surface area contributed by atoms with Gasteiger partial charge in [-0.3, -0.25) is 4.79 Å². The Bertz CT molecular complexity index is 824. The molecule has 1 saturated heterocycles. The highest BCUT2D eigenvalue weighted by Crippen LogP contribution is 2.43. The zero-order valence-electron chi connectivity index (χ0n) is 15.9. The normalized spacial score (nSPS) is 21.1. The van der Waals surface area contributed by atoms with E-state index in [4.69, 9.17) is 4.74 Å². The lowest BCUT2D eigenvalue weighted by molar-refractivity contribution is 0.0659. The Morgan fingerprint density at radius 1 is 1.07 bits per heavy atom. The molecule has 0 saturated carbocycles. The number of ether oxygens (including phenoxy) is 1. The van der Waals surface area contributed by atoms with Crippen LogP contribution >= 0.6 is 0 Å². The highest BCUT2D eigenvalue weighted by Gasteiger charge is 2.29. The number of hydrogen-bond donors (Lipinski definition) is 1. The van der Waals surface area contributed by atoms with Crippen LogP contribution in [0.5, 0.6) is 5.75 Å². The summed E-state index contributed by atoms with van der Waals surface area (Å²) in [6.45, 7) is 2.71. The molecule has 3 aliphatic carbocycles. The fraction of sp³-hybridized carbons (Fsp3) is 0.435. The van der Waals surface area contributed by atoms with Crippen LogP contribution in [0.1, 0.15) is 35.2 Å². The molecule has 0 radical (unpaired) electrons. The Hall–Kier alpha value is -2.17. The molecule has 4 heteroatoms. The molecule has 1 atom stereocenters. The number of hydrogen-bond acceptors (Lipinski definition) is 4. The molecule has 1 aromatic rings. The Balaban J connectivity index is 0.000000186. The molecule has 1 fully saturated rings. The van der Waals surface area contributed by atoms with E-state index in [-0.39, 0.29) is 12.0 Å². The molecule has 0 aromatic heterocycles. The smallest absolute Gasteiger partial charge is 0.167 e. The van der Waals surface area contributed by atoms with Gasteiger partial charge in [0.25, 0.3) is 0 Å². The first kappa shape index (κ1) is 18.2. The number of piperidine rings is 1. The van der Waals surface area contributed by atoms with Crippen molar-refractivity contribution < 1.29 is 14.6 Å². The molecule has 0 amide bonds. The fourth-order valence-corrected chi connectivity index (χ4v) is 4.15. The highest BCUT2D eigenvalue weighted by molar-refractivity contribution is 6.00. The van der Waals surface area contributed by atoms with Gasteiger partial charge in [-0.25, -0.2) is 0 Å². The lowest BCUT2D eigenvalue weighted by Gasteiger charge is -2.33. The van der Waals surface area contributed by atoms with E-state index in [0.29, 0.717) is 5.78 Å². The number of rotatable bonds is 3. The topological polar surface area (TPSA) is 49.8 Å². The summed E-state index contributed by atoms with van der Waals surface area (Å²) in [5.74, 6) is 1.47. The number of carbonyl (C=O) groups is 1. The quantitative estimate of drug-likeness (QED) is 0.771. The Morgan fingerprint density at radius 2 is 1.85 bits per heavy atom. The molecule has 1 aromatic carbocycles. The Morgan fingerprint density at radius 3 is 2.48 bits per heavy atom. The van der Waals surface area contributed by atoms with Crippen molar-refractivity contribution >= 4 is 5.78 Å². The zero-order chi connectivity index (χ0) is 18.8. The van der Waals surface area contributed by atoms with Gasteiger partial charge in [0.1, 0.15) is 5.75 Å². The number of methoxy groups -OCH3 is 1. The molecular formula is C23H27NO3. The number of nitrogens with zero attached hydrogens (tertiary/aromatic N) is 1. The SMILES string of the molecule is COc1ccc2cc1-2.O=C1c2ccccc2CCC1CN1CCC(O)CC1. The van der Waals surface area contributed by atoms with Crippen LogP contribution in [-0.2, 0) is 6.42 Å². The predicted octanol–water partition coefficient (Wildman–Crippen LogP) is 3.56. The minimum atomic E-state index is -0.140. The molecule has 1 heterocycles. The number of aliphatic hydroxyl groups excluding tert-OH is 1. The van der Waals surface area contributed by atoms with Crippen LogP contribution in [0.25, 0.3) is 11.1 Å². The van der Waals surface area contributed by atoms with Crippen LogP contribution in [0.15, 0.2) is 42.5 Å². The molecular weight excluding hydrogens is 338 g/mol. The summed E-state index contributed by atoms with van der Waals surface area (Å²) >= 11 is 0. The van der Waals surface area contributed by atoms with E-state index in [2.05, 4.69) is 23.1 Å². The third-order valence-corrected chi connectivity index (χ3v) is 5.88. The largest absolute Gasteiger partial charge is 0.496 e. The zero-order valence-corrected chi connectivity index (χ0v) is 15.9. The van der Waals surface area contributed by atoms with Gasteiger partial charge < -0.3 is 14.7 Å². The maximum absolute atomic E-state index is 12.5. The van der Waals surface area contributed by atoms with E-state index < -0.39 is 0 Å². The summed E-state index contributed by atoms with van der Waals surface area (Å²) in [6, 6.07) is 14.2. The number of ketones is 1. The van der Waals surface area contributed by atoms with E-state index in [1.165, 1.54) is 16.7 Å². The average Bonchev–Trinajstić information content (AvgIpc) is 3.37. The third-order valence-electron chi connectivity index (χ3n) is 5.88. The van der Waals surface area contributed by atoms with E-state index in [1.54, 1.807) is 7.11 Å². The summed E-state index contributed by atoms with van der Waals surface area (Å²) in [5, 5.41) is 9.52. The van der Waals surface area contributed by atoms with Crippen molar-refractivity contribution in [1.29, 1.82) is 0 Å². The highest BCUT2D eigenvalue weighted by atomic mass is 16.5. The van der Waals surface area contributed by atoms with E-state index in [0.717, 1.165) is 56.6 Å². The van der Waals surface area contributed by atoms with Gasteiger partial charge in [0.05, 0.1) is 13.2 Å². The molecule has 4 nitrogen and oxygen atoms in total. The Labute approximate surface area is 160 Å². The van der Waals surface area contributed by atoms with Gasteiger partial charge in [0.2, 0.25) is 0 Å². The van der Waals surface area contributed by atoms with Crippen LogP contribution in [0.3, 0.4) is 0 Å². The second-order valence-corrected chi connectivity index (χ2v) is 7.70. The number of benzene rings is 2. The minimum absolute atomic E-state index is 0.140. The molecule has 1 unspecified atom stereocenters. The first-order valence-corrected chi connectivity index (χ1v) is 9.86. The maximum Gasteiger partial charge on any atom is 0.167 e. The summed E-state index contributed by atoms with van der Waals surface area (Å²) < 4.78 is 5.01. The minimum Gasteiger partial charge on any atom is -0.496 e. The number of aryl methyl sites for hydroxylation is 1. The molecule has 27 heavy (non-hydrogen) atoms. The van der Waals surface area contributed by atoms with Crippen molar-refractivity contribution in [2.75, 3.05) is 26.7 Å². The van der Waals surface area contributed by atoms with E-state index in [9.17, 15) is 9.90 Å². The standard InChI is InChI=1S/C16H21NO2.C7H6O/c18-14-7-9-17(10-8-14)11-13-6-5-12-3-1-2-4-15(12)16(13)19;1-8-7-3-2-5-4-6(5)7/h1-4,13-14,18H,5-11H2;2-4H,1H3. The van der Waals surface area contributed by atoms with Gasteiger partial charge in [-0.2, -0.15) is 0 Å². The number of aliphatic hydroxyl groups is 1. The summed E-state index contributed by atoms with van der Waals surface area (Å²) in [5.41, 5.74) is 4.75. The van der Waals surface area contributed by atoms with Gasteiger partial charge in [-0.15, -0.1) is 0 Å². The van der Waals surface area contributed by atoms with Crippen molar-refractivity contribution in [3.05, 3.63) is 53.6 Å². The number of Topliss-reactive ketones (excluding diaryl/α,β-unsaturated/α-hetero) is 1. The molecule has 5 rings (SSSR count). The average molecular weight is 365 g/mol. The Kier molecular flexibility index (Phi) is 5.28. The second-order valence-electron chi connectivity index (χ2n) is 7.70. The van der Waals surface area contributed by atoms with E-state index in [1.807, 2.05) is 24.3 Å². The summed E-state index contributed by atoms with van der Waals surface area (Å²) in [4.78, 5) is 14.8. The first-order chi connectivity index (χ1) is 13.2. The molecule has 4 aliphatic rings. The van der Waals surface area contributed by atoms with Crippen LogP contribution in [-0.4, -0.2) is 48.6 Å². The lowest BCUT2D eigenvalue weighted by Crippen LogP contribution is -2.41. The molecule has 0 spiro atoms. The van der Waals surface area contributed by atoms with Crippen molar-refractivity contribution in [3.63, 3.8) is 0 Å². The number of carbonyl (C=O) groups excluding carboxylic acids is 1. The van der Waals surface area contributed by atoms with Gasteiger partial charge >= 0.3 is 0 Å². The van der Waals surface area contributed by atoms with Gasteiger partial charge in [-0.05, 0) is 48.9 Å². The van der Waals surface area contributed by atoms with Gasteiger partial charge in [0, 0.05) is 36.7 Å². The van der Waals surface area contributed by atoms with Crippen molar-refractivity contribution in [2.45, 2.75) is 31.8 Å².